The fourth-order valence-electron chi connectivity index (χ4n) is 3.63. The molecule has 0 aliphatic carbocycles. The Morgan fingerprint density at radius 3 is 2.17 bits per heavy atom. The fraction of sp³-hybridized carbons (Fsp3) is 0.290. The van der Waals surface area contributed by atoms with Gasteiger partial charge in [0.1, 0.15) is 23.7 Å². The molecule has 1 atom stereocenters. The van der Waals surface area contributed by atoms with Crippen molar-refractivity contribution in [2.75, 3.05) is 19.8 Å². The first-order valence-electron chi connectivity index (χ1n) is 12.8. The number of ether oxygens (including phenoxy) is 4. The van der Waals surface area contributed by atoms with Gasteiger partial charge in [0.2, 0.25) is 0 Å². The first-order valence-corrected chi connectivity index (χ1v) is 12.8. The molecule has 0 spiro atoms. The van der Waals surface area contributed by atoms with Gasteiger partial charge in [-0.05, 0) is 53.9 Å². The monoisotopic (exact) mass is 556 g/mol. The van der Waals surface area contributed by atoms with Crippen LogP contribution in [0.3, 0.4) is 0 Å². The number of para-hydroxylation sites is 1. The lowest BCUT2D eigenvalue weighted by molar-refractivity contribution is -0.224. The van der Waals surface area contributed by atoms with E-state index in [0.717, 1.165) is 11.1 Å². The highest BCUT2D eigenvalue weighted by Crippen LogP contribution is 2.27. The molecule has 3 aromatic carbocycles. The van der Waals surface area contributed by atoms with Crippen LogP contribution in [0.5, 0.6) is 11.5 Å². The van der Waals surface area contributed by atoms with Gasteiger partial charge in [0.15, 0.2) is 6.10 Å². The molecule has 6 nitrogen and oxygen atoms in total. The van der Waals surface area contributed by atoms with Gasteiger partial charge >= 0.3 is 18.1 Å². The minimum atomic E-state index is -4.58. The number of hydrogen-bond donors (Lipinski definition) is 0. The summed E-state index contributed by atoms with van der Waals surface area (Å²) in [5.41, 5.74) is 1.95. The summed E-state index contributed by atoms with van der Waals surface area (Å²) in [6.07, 6.45) is -4.31. The van der Waals surface area contributed by atoms with E-state index in [4.69, 9.17) is 18.9 Å². The van der Waals surface area contributed by atoms with Gasteiger partial charge < -0.3 is 18.9 Å². The van der Waals surface area contributed by atoms with Crippen molar-refractivity contribution >= 4 is 11.9 Å². The molecule has 0 N–H and O–H groups in total. The fourth-order valence-corrected chi connectivity index (χ4v) is 3.63. The normalized spacial score (nSPS) is 11.9. The van der Waals surface area contributed by atoms with Crippen LogP contribution in [0.15, 0.2) is 85.5 Å². The van der Waals surface area contributed by atoms with Crippen molar-refractivity contribution in [1.82, 2.24) is 0 Å². The number of halogens is 3. The lowest BCUT2D eigenvalue weighted by atomic mass is 10.0. The molecule has 0 fully saturated rings. The van der Waals surface area contributed by atoms with Gasteiger partial charge in [-0.3, -0.25) is 0 Å². The van der Waals surface area contributed by atoms with Gasteiger partial charge in [0.05, 0.1) is 12.2 Å². The number of carbonyl (C=O) groups is 2. The number of hydrogen-bond acceptors (Lipinski definition) is 6. The summed E-state index contributed by atoms with van der Waals surface area (Å²) in [6, 6.07) is 20.0. The largest absolute Gasteiger partial charge is 0.490 e. The third-order valence-electron chi connectivity index (χ3n) is 5.78. The molecule has 0 amide bonds. The molecule has 0 bridgehead atoms. The predicted molar refractivity (Wildman–Crippen MR) is 145 cm³/mol. The Morgan fingerprint density at radius 1 is 0.900 bits per heavy atom. The van der Waals surface area contributed by atoms with Gasteiger partial charge in [-0.25, -0.2) is 9.59 Å². The van der Waals surface area contributed by atoms with E-state index in [0.29, 0.717) is 25.2 Å². The van der Waals surface area contributed by atoms with E-state index in [1.165, 1.54) is 18.2 Å². The van der Waals surface area contributed by atoms with Crippen LogP contribution in [0.4, 0.5) is 13.2 Å². The molecule has 0 radical (unpaired) electrons. The summed E-state index contributed by atoms with van der Waals surface area (Å²) >= 11 is 0. The van der Waals surface area contributed by atoms with Crippen molar-refractivity contribution in [3.63, 3.8) is 0 Å². The number of rotatable bonds is 14. The van der Waals surface area contributed by atoms with Gasteiger partial charge in [-0.1, -0.05) is 62.4 Å². The maximum atomic E-state index is 13.2. The van der Waals surface area contributed by atoms with E-state index in [1.807, 2.05) is 31.2 Å². The molecule has 0 aromatic heterocycles. The second-order valence-corrected chi connectivity index (χ2v) is 8.77. The summed E-state index contributed by atoms with van der Waals surface area (Å²) in [5, 5.41) is 0. The van der Waals surface area contributed by atoms with E-state index < -0.39 is 37.2 Å². The standard InChI is InChI=1S/C31H31F3O6/c1-3-5-20-38-28(31(32,33)34)18-21-39-30(36)26-8-6-7-9-27(26)40-29(35)24-12-10-22(11-13-24)23-14-16-25(17-15-23)37-19-4-2/h4,6-17,28H,2-3,5,18-21H2,1H3. The summed E-state index contributed by atoms with van der Waals surface area (Å²) in [7, 11) is 0. The maximum absolute atomic E-state index is 13.2. The van der Waals surface area contributed by atoms with Crippen LogP contribution in [-0.2, 0) is 9.47 Å². The number of alkyl halides is 3. The zero-order chi connectivity index (χ0) is 29.0. The van der Waals surface area contributed by atoms with Crippen LogP contribution < -0.4 is 9.47 Å². The molecule has 3 aromatic rings. The van der Waals surface area contributed by atoms with Crippen LogP contribution in [-0.4, -0.2) is 44.0 Å². The zero-order valence-corrected chi connectivity index (χ0v) is 22.1. The Morgan fingerprint density at radius 2 is 1.55 bits per heavy atom. The summed E-state index contributed by atoms with van der Waals surface area (Å²) < 4.78 is 60.5. The molecule has 0 heterocycles. The van der Waals surface area contributed by atoms with Crippen LogP contribution in [0.1, 0.15) is 46.9 Å². The van der Waals surface area contributed by atoms with Gasteiger partial charge in [0, 0.05) is 13.0 Å². The van der Waals surface area contributed by atoms with Gasteiger partial charge in [0.25, 0.3) is 0 Å². The van der Waals surface area contributed by atoms with E-state index in [9.17, 15) is 22.8 Å². The molecule has 0 saturated heterocycles. The first kappa shape index (κ1) is 30.4. The molecule has 9 heteroatoms. The van der Waals surface area contributed by atoms with Crippen LogP contribution >= 0.6 is 0 Å². The average Bonchev–Trinajstić information content (AvgIpc) is 2.95. The number of unbranched alkanes of at least 4 members (excludes halogenated alkanes) is 1. The lowest BCUT2D eigenvalue weighted by Gasteiger charge is -2.20. The van der Waals surface area contributed by atoms with Crippen LogP contribution in [0.2, 0.25) is 0 Å². The lowest BCUT2D eigenvalue weighted by Crippen LogP contribution is -2.33. The second kappa shape index (κ2) is 14.9. The van der Waals surface area contributed by atoms with Crippen LogP contribution in [0, 0.1) is 0 Å². The topological polar surface area (TPSA) is 71.1 Å². The van der Waals surface area contributed by atoms with Crippen LogP contribution in [0.25, 0.3) is 11.1 Å². The predicted octanol–water partition coefficient (Wildman–Crippen LogP) is 7.43. The Labute approximate surface area is 231 Å². The van der Waals surface area contributed by atoms with E-state index in [2.05, 4.69) is 6.58 Å². The number of carbonyl (C=O) groups excluding carboxylic acids is 2. The Kier molecular flexibility index (Phi) is 11.3. The number of esters is 2. The second-order valence-electron chi connectivity index (χ2n) is 8.77. The van der Waals surface area contributed by atoms with Crippen molar-refractivity contribution < 1.29 is 41.7 Å². The molecule has 1 unspecified atom stereocenters. The number of benzene rings is 3. The van der Waals surface area contributed by atoms with E-state index in [-0.39, 0.29) is 23.5 Å². The smallest absolute Gasteiger partial charge is 0.414 e. The van der Waals surface area contributed by atoms with Gasteiger partial charge in [-0.2, -0.15) is 13.2 Å². The average molecular weight is 557 g/mol. The van der Waals surface area contributed by atoms with Crippen molar-refractivity contribution in [2.45, 2.75) is 38.5 Å². The van der Waals surface area contributed by atoms with E-state index >= 15 is 0 Å². The molecule has 3 rings (SSSR count). The quantitative estimate of drug-likeness (QED) is 0.0890. The SMILES string of the molecule is C=CCOc1ccc(-c2ccc(C(=O)Oc3ccccc3C(=O)OCCC(OCCCC)C(F)(F)F)cc2)cc1. The van der Waals surface area contributed by atoms with Crippen molar-refractivity contribution in [2.24, 2.45) is 0 Å². The minimum absolute atomic E-state index is 0.0360. The summed E-state index contributed by atoms with van der Waals surface area (Å²) in [4.78, 5) is 25.4. The summed E-state index contributed by atoms with van der Waals surface area (Å²) in [5.74, 6) is -0.972. The van der Waals surface area contributed by atoms with E-state index in [1.54, 1.807) is 36.4 Å². The minimum Gasteiger partial charge on any atom is -0.490 e. The molecular weight excluding hydrogens is 525 g/mol. The molecule has 40 heavy (non-hydrogen) atoms. The summed E-state index contributed by atoms with van der Waals surface area (Å²) in [6.45, 7) is 5.31. The third-order valence-corrected chi connectivity index (χ3v) is 5.78. The highest BCUT2D eigenvalue weighted by atomic mass is 19.4. The molecule has 212 valence electrons. The zero-order valence-electron chi connectivity index (χ0n) is 22.1. The van der Waals surface area contributed by atoms with Crippen molar-refractivity contribution in [3.8, 4) is 22.6 Å². The first-order chi connectivity index (χ1) is 19.2. The Bertz CT molecular complexity index is 1250. The third kappa shape index (κ3) is 8.98. The van der Waals surface area contributed by atoms with Gasteiger partial charge in [-0.15, -0.1) is 0 Å². The molecule has 0 aliphatic heterocycles. The highest BCUT2D eigenvalue weighted by molar-refractivity contribution is 5.96. The maximum Gasteiger partial charge on any atom is 0.414 e. The Hall–Kier alpha value is -4.11. The van der Waals surface area contributed by atoms with Crippen molar-refractivity contribution in [3.05, 3.63) is 96.6 Å². The van der Waals surface area contributed by atoms with Crippen molar-refractivity contribution in [1.29, 1.82) is 0 Å². The molecular formula is C31H31F3O6. The molecule has 0 aliphatic rings. The Balaban J connectivity index is 1.60. The molecule has 0 saturated carbocycles. The highest BCUT2D eigenvalue weighted by Gasteiger charge is 2.40.